The van der Waals surface area contributed by atoms with Gasteiger partial charge in [-0.1, -0.05) is 35.9 Å². The van der Waals surface area contributed by atoms with E-state index in [0.717, 1.165) is 22.4 Å². The fourth-order valence-corrected chi connectivity index (χ4v) is 3.46. The number of benzene rings is 2. The van der Waals surface area contributed by atoms with Gasteiger partial charge in [0.1, 0.15) is 5.75 Å². The first-order valence-corrected chi connectivity index (χ1v) is 9.78. The zero-order chi connectivity index (χ0) is 20.1. The van der Waals surface area contributed by atoms with Gasteiger partial charge in [-0.05, 0) is 44.0 Å². The molecule has 0 aliphatic carbocycles. The number of nitrogens with zero attached hydrogens (tertiary/aromatic N) is 2. The first-order valence-electron chi connectivity index (χ1n) is 9.78. The van der Waals surface area contributed by atoms with Gasteiger partial charge >= 0.3 is 0 Å². The van der Waals surface area contributed by atoms with Crippen LogP contribution in [0.5, 0.6) is 5.75 Å². The summed E-state index contributed by atoms with van der Waals surface area (Å²) in [6, 6.07) is 13.6. The lowest BCUT2D eigenvalue weighted by atomic mass is 10.1. The van der Waals surface area contributed by atoms with Crippen LogP contribution in [-0.2, 0) is 4.79 Å². The van der Waals surface area contributed by atoms with Crippen molar-refractivity contribution in [2.24, 2.45) is 0 Å². The zero-order valence-electron chi connectivity index (χ0n) is 16.9. The zero-order valence-corrected chi connectivity index (χ0v) is 16.9. The molecule has 1 aliphatic rings. The SMILES string of the molecule is Cc1ccc(C(=O)N2CCN(C(=O)CCOc3c(C)cccc3C)CC2)cc1. The molecule has 0 saturated carbocycles. The van der Waals surface area contributed by atoms with Crippen LogP contribution < -0.4 is 4.74 Å². The summed E-state index contributed by atoms with van der Waals surface area (Å²) in [5.74, 6) is 0.975. The number of hydrogen-bond donors (Lipinski definition) is 0. The summed E-state index contributed by atoms with van der Waals surface area (Å²) in [4.78, 5) is 28.7. The summed E-state index contributed by atoms with van der Waals surface area (Å²) in [7, 11) is 0. The molecule has 5 nitrogen and oxygen atoms in total. The van der Waals surface area contributed by atoms with Crippen LogP contribution >= 0.6 is 0 Å². The summed E-state index contributed by atoms with van der Waals surface area (Å²) in [6.07, 6.45) is 0.347. The summed E-state index contributed by atoms with van der Waals surface area (Å²) in [5, 5.41) is 0. The highest BCUT2D eigenvalue weighted by Gasteiger charge is 2.24. The fourth-order valence-electron chi connectivity index (χ4n) is 3.46. The predicted molar refractivity (Wildman–Crippen MR) is 110 cm³/mol. The molecule has 0 atom stereocenters. The number of rotatable bonds is 5. The maximum Gasteiger partial charge on any atom is 0.253 e. The minimum atomic E-state index is 0.0328. The van der Waals surface area contributed by atoms with Gasteiger partial charge in [-0.3, -0.25) is 9.59 Å². The highest BCUT2D eigenvalue weighted by molar-refractivity contribution is 5.94. The first-order chi connectivity index (χ1) is 13.5. The largest absolute Gasteiger partial charge is 0.493 e. The maximum absolute atomic E-state index is 12.6. The van der Waals surface area contributed by atoms with Crippen molar-refractivity contribution in [2.75, 3.05) is 32.8 Å². The van der Waals surface area contributed by atoms with Crippen LogP contribution in [0, 0.1) is 20.8 Å². The predicted octanol–water partition coefficient (Wildman–Crippen LogP) is 3.37. The Morgan fingerprint density at radius 3 is 2.04 bits per heavy atom. The van der Waals surface area contributed by atoms with Gasteiger partial charge in [-0.15, -0.1) is 0 Å². The quantitative estimate of drug-likeness (QED) is 0.799. The Bertz CT molecular complexity index is 817. The lowest BCUT2D eigenvalue weighted by Gasteiger charge is -2.35. The van der Waals surface area contributed by atoms with Gasteiger partial charge in [0, 0.05) is 31.7 Å². The van der Waals surface area contributed by atoms with Crippen LogP contribution in [0.15, 0.2) is 42.5 Å². The third kappa shape index (κ3) is 4.71. The van der Waals surface area contributed by atoms with Crippen molar-refractivity contribution in [3.05, 3.63) is 64.7 Å². The van der Waals surface area contributed by atoms with Crippen LogP contribution in [0.1, 0.15) is 33.5 Å². The second-order valence-corrected chi connectivity index (χ2v) is 7.36. The molecule has 0 unspecified atom stereocenters. The molecule has 0 spiro atoms. The van der Waals surface area contributed by atoms with Gasteiger partial charge in [-0.2, -0.15) is 0 Å². The molecule has 3 rings (SSSR count). The first kappa shape index (κ1) is 19.9. The summed E-state index contributed by atoms with van der Waals surface area (Å²) in [6.45, 7) is 8.66. The number of ether oxygens (including phenoxy) is 1. The Kier molecular flexibility index (Phi) is 6.34. The molecule has 148 valence electrons. The lowest BCUT2D eigenvalue weighted by Crippen LogP contribution is -2.50. The average molecular weight is 380 g/mol. The van der Waals surface area contributed by atoms with Gasteiger partial charge in [0.15, 0.2) is 0 Å². The Morgan fingerprint density at radius 2 is 1.43 bits per heavy atom. The number of para-hydroxylation sites is 1. The van der Waals surface area contributed by atoms with Crippen molar-refractivity contribution >= 4 is 11.8 Å². The Labute approximate surface area is 166 Å². The second kappa shape index (κ2) is 8.91. The Balaban J connectivity index is 1.46. The van der Waals surface area contributed by atoms with Gasteiger partial charge < -0.3 is 14.5 Å². The molecule has 2 aromatic carbocycles. The molecule has 2 amide bonds. The average Bonchev–Trinajstić information content (AvgIpc) is 2.70. The van der Waals surface area contributed by atoms with E-state index < -0.39 is 0 Å². The van der Waals surface area contributed by atoms with Gasteiger partial charge in [0.25, 0.3) is 5.91 Å². The lowest BCUT2D eigenvalue weighted by molar-refractivity contribution is -0.133. The van der Waals surface area contributed by atoms with E-state index in [1.807, 2.05) is 73.0 Å². The summed E-state index contributed by atoms with van der Waals surface area (Å²) in [5.41, 5.74) is 3.99. The topological polar surface area (TPSA) is 49.9 Å². The summed E-state index contributed by atoms with van der Waals surface area (Å²) < 4.78 is 5.84. The molecule has 0 aromatic heterocycles. The van der Waals surface area contributed by atoms with E-state index >= 15 is 0 Å². The molecule has 1 aliphatic heterocycles. The van der Waals surface area contributed by atoms with Crippen LogP contribution in [0.2, 0.25) is 0 Å². The van der Waals surface area contributed by atoms with Gasteiger partial charge in [-0.25, -0.2) is 0 Å². The third-order valence-corrected chi connectivity index (χ3v) is 5.19. The van der Waals surface area contributed by atoms with Crippen LogP contribution in [0.3, 0.4) is 0 Å². The smallest absolute Gasteiger partial charge is 0.253 e. The monoisotopic (exact) mass is 380 g/mol. The van der Waals surface area contributed by atoms with E-state index in [4.69, 9.17) is 4.74 Å². The van der Waals surface area contributed by atoms with Crippen LogP contribution in [-0.4, -0.2) is 54.4 Å². The van der Waals surface area contributed by atoms with Gasteiger partial charge in [0.05, 0.1) is 13.0 Å². The normalized spacial score (nSPS) is 14.1. The molecule has 0 radical (unpaired) electrons. The van der Waals surface area contributed by atoms with E-state index in [0.29, 0.717) is 44.8 Å². The third-order valence-electron chi connectivity index (χ3n) is 5.19. The van der Waals surface area contributed by atoms with E-state index in [2.05, 4.69) is 0 Å². The van der Waals surface area contributed by atoms with E-state index in [9.17, 15) is 9.59 Å². The van der Waals surface area contributed by atoms with E-state index in [-0.39, 0.29) is 11.8 Å². The molecule has 0 N–H and O–H groups in total. The van der Waals surface area contributed by atoms with E-state index in [1.54, 1.807) is 0 Å². The minimum Gasteiger partial charge on any atom is -0.493 e. The minimum absolute atomic E-state index is 0.0328. The Hall–Kier alpha value is -2.82. The van der Waals surface area contributed by atoms with E-state index in [1.165, 1.54) is 0 Å². The molecular weight excluding hydrogens is 352 g/mol. The molecule has 28 heavy (non-hydrogen) atoms. The fraction of sp³-hybridized carbons (Fsp3) is 0.391. The van der Waals surface area contributed by atoms with Crippen molar-refractivity contribution in [3.8, 4) is 5.75 Å². The summed E-state index contributed by atoms with van der Waals surface area (Å²) >= 11 is 0. The number of aryl methyl sites for hydroxylation is 3. The van der Waals surface area contributed by atoms with Crippen LogP contribution in [0.4, 0.5) is 0 Å². The van der Waals surface area contributed by atoms with Crippen molar-refractivity contribution < 1.29 is 14.3 Å². The van der Waals surface area contributed by atoms with Crippen molar-refractivity contribution in [2.45, 2.75) is 27.2 Å². The molecular formula is C23H28N2O3. The van der Waals surface area contributed by atoms with Crippen LogP contribution in [0.25, 0.3) is 0 Å². The molecule has 2 aromatic rings. The van der Waals surface area contributed by atoms with Gasteiger partial charge in [0.2, 0.25) is 5.91 Å². The molecule has 1 saturated heterocycles. The maximum atomic E-state index is 12.6. The number of piperazine rings is 1. The number of hydrogen-bond acceptors (Lipinski definition) is 3. The number of carbonyl (C=O) groups excluding carboxylic acids is 2. The second-order valence-electron chi connectivity index (χ2n) is 7.36. The Morgan fingerprint density at radius 1 is 0.857 bits per heavy atom. The molecule has 5 heteroatoms. The molecule has 1 heterocycles. The number of amides is 2. The highest BCUT2D eigenvalue weighted by atomic mass is 16.5. The van der Waals surface area contributed by atoms with Crippen molar-refractivity contribution in [3.63, 3.8) is 0 Å². The highest BCUT2D eigenvalue weighted by Crippen LogP contribution is 2.22. The van der Waals surface area contributed by atoms with Crippen molar-refractivity contribution in [1.29, 1.82) is 0 Å². The molecule has 0 bridgehead atoms. The standard InChI is InChI=1S/C23H28N2O3/c1-17-7-9-20(10-8-17)23(27)25-14-12-24(13-15-25)21(26)11-16-28-22-18(2)5-4-6-19(22)3/h4-10H,11-16H2,1-3H3. The number of carbonyl (C=O) groups is 2. The molecule has 1 fully saturated rings. The van der Waals surface area contributed by atoms with Crippen molar-refractivity contribution in [1.82, 2.24) is 9.80 Å².